The molecule has 0 aliphatic rings. The molecule has 0 aliphatic heterocycles. The lowest BCUT2D eigenvalue weighted by molar-refractivity contribution is -0.142. The fraction of sp³-hybridized carbons (Fsp3) is 0.520. The van der Waals surface area contributed by atoms with E-state index in [1.165, 1.54) is 6.92 Å². The van der Waals surface area contributed by atoms with Gasteiger partial charge in [-0.05, 0) is 36.8 Å². The molecule has 1 aromatic carbocycles. The number of rotatable bonds is 12. The van der Waals surface area contributed by atoms with Gasteiger partial charge in [0.2, 0.25) is 17.7 Å². The van der Waals surface area contributed by atoms with E-state index in [2.05, 4.69) is 20.9 Å². The number of nitrogens with two attached hydrogens (primary N) is 1. The van der Waals surface area contributed by atoms with Gasteiger partial charge >= 0.3 is 5.97 Å². The molecule has 192 valence electrons. The second kappa shape index (κ2) is 12.3. The van der Waals surface area contributed by atoms with Gasteiger partial charge in [0.15, 0.2) is 0 Å². The molecule has 2 aromatic rings. The van der Waals surface area contributed by atoms with Crippen molar-refractivity contribution in [3.8, 4) is 0 Å². The summed E-state index contributed by atoms with van der Waals surface area (Å²) in [5.41, 5.74) is 7.50. The molecule has 4 atom stereocenters. The van der Waals surface area contributed by atoms with Crippen LogP contribution in [0.1, 0.15) is 46.6 Å². The van der Waals surface area contributed by atoms with Crippen LogP contribution in [-0.2, 0) is 25.6 Å². The zero-order valence-electron chi connectivity index (χ0n) is 20.9. The summed E-state index contributed by atoms with van der Waals surface area (Å²) in [6.07, 6.45) is 2.27. The number of amides is 3. The van der Waals surface area contributed by atoms with Gasteiger partial charge in [-0.15, -0.1) is 0 Å². The molecule has 10 nitrogen and oxygen atoms in total. The highest BCUT2D eigenvalue weighted by molar-refractivity contribution is 5.94. The quantitative estimate of drug-likeness (QED) is 0.264. The minimum absolute atomic E-state index is 0.0735. The molecule has 0 radical (unpaired) electrons. The average Bonchev–Trinajstić information content (AvgIpc) is 3.18. The van der Waals surface area contributed by atoms with E-state index in [1.54, 1.807) is 20.0 Å². The smallest absolute Gasteiger partial charge is 0.326 e. The highest BCUT2D eigenvalue weighted by atomic mass is 16.4. The number of carbonyl (C=O) groups is 4. The molecule has 2 rings (SSSR count). The maximum atomic E-state index is 13.0. The van der Waals surface area contributed by atoms with Crippen LogP contribution in [0.3, 0.4) is 0 Å². The van der Waals surface area contributed by atoms with Crippen molar-refractivity contribution in [3.05, 3.63) is 36.0 Å². The summed E-state index contributed by atoms with van der Waals surface area (Å²) >= 11 is 0. The number of carboxylic acid groups (broad SMARTS) is 1. The molecule has 0 aliphatic carbocycles. The number of aliphatic carboxylic acids is 1. The van der Waals surface area contributed by atoms with Crippen LogP contribution in [0.5, 0.6) is 0 Å². The van der Waals surface area contributed by atoms with Crippen LogP contribution in [0.2, 0.25) is 0 Å². The summed E-state index contributed by atoms with van der Waals surface area (Å²) in [6.45, 7) is 8.86. The third-order valence-electron chi connectivity index (χ3n) is 5.77. The third kappa shape index (κ3) is 7.81. The van der Waals surface area contributed by atoms with Crippen LogP contribution in [0.15, 0.2) is 30.5 Å². The minimum Gasteiger partial charge on any atom is -0.480 e. The monoisotopic (exact) mass is 487 g/mol. The number of hydrogen-bond acceptors (Lipinski definition) is 5. The lowest BCUT2D eigenvalue weighted by Gasteiger charge is -2.26. The number of carboxylic acids is 1. The Bertz CT molecular complexity index is 1050. The summed E-state index contributed by atoms with van der Waals surface area (Å²) in [4.78, 5) is 52.9. The largest absolute Gasteiger partial charge is 0.480 e. The number of carbonyl (C=O) groups excluding carboxylic acids is 3. The van der Waals surface area contributed by atoms with Crippen LogP contribution in [0.4, 0.5) is 0 Å². The molecule has 1 heterocycles. The molecule has 0 bridgehead atoms. The number of benzene rings is 1. The van der Waals surface area contributed by atoms with E-state index in [4.69, 9.17) is 5.73 Å². The Morgan fingerprint density at radius 2 is 1.60 bits per heavy atom. The van der Waals surface area contributed by atoms with Crippen molar-refractivity contribution in [2.24, 2.45) is 17.6 Å². The van der Waals surface area contributed by atoms with Gasteiger partial charge in [-0.1, -0.05) is 45.9 Å². The van der Waals surface area contributed by atoms with Gasteiger partial charge in [0, 0.05) is 23.5 Å². The van der Waals surface area contributed by atoms with Crippen molar-refractivity contribution in [1.82, 2.24) is 20.9 Å². The van der Waals surface area contributed by atoms with Crippen molar-refractivity contribution in [2.45, 2.75) is 71.6 Å². The number of H-pyrrole nitrogens is 1. The number of para-hydroxylation sites is 1. The second-order valence-corrected chi connectivity index (χ2v) is 9.66. The second-order valence-electron chi connectivity index (χ2n) is 9.66. The van der Waals surface area contributed by atoms with Crippen LogP contribution < -0.4 is 21.7 Å². The van der Waals surface area contributed by atoms with Crippen molar-refractivity contribution < 1.29 is 24.3 Å². The first-order valence-electron chi connectivity index (χ1n) is 11.8. The Balaban J connectivity index is 2.05. The maximum absolute atomic E-state index is 13.0. The van der Waals surface area contributed by atoms with Gasteiger partial charge in [-0.25, -0.2) is 4.79 Å². The molecule has 0 saturated carbocycles. The van der Waals surface area contributed by atoms with Gasteiger partial charge < -0.3 is 31.8 Å². The van der Waals surface area contributed by atoms with Gasteiger partial charge in [-0.2, -0.15) is 0 Å². The highest BCUT2D eigenvalue weighted by Gasteiger charge is 2.31. The third-order valence-corrected chi connectivity index (χ3v) is 5.77. The standard InChI is InChI=1S/C25H37N5O5/c1-13(2)10-18(26)23(32)28-15(5)22(31)30-21(14(3)4)24(33)29-20(25(34)35)11-16-12-27-19-9-7-6-8-17(16)19/h6-9,12-15,18,20-21,27H,10-11,26H2,1-5H3,(H,28,32)(H,29,33)(H,30,31)(H,34,35). The van der Waals surface area contributed by atoms with Crippen molar-refractivity contribution in [3.63, 3.8) is 0 Å². The van der Waals surface area contributed by atoms with Crippen LogP contribution in [0, 0.1) is 11.8 Å². The predicted octanol–water partition coefficient (Wildman–Crippen LogP) is 1.30. The summed E-state index contributed by atoms with van der Waals surface area (Å²) < 4.78 is 0. The summed E-state index contributed by atoms with van der Waals surface area (Å²) in [6, 6.07) is 3.65. The topological polar surface area (TPSA) is 166 Å². The van der Waals surface area contributed by atoms with Crippen molar-refractivity contribution in [1.29, 1.82) is 0 Å². The zero-order valence-corrected chi connectivity index (χ0v) is 20.9. The van der Waals surface area contributed by atoms with Crippen molar-refractivity contribution >= 4 is 34.6 Å². The lowest BCUT2D eigenvalue weighted by atomic mass is 10.0. The summed E-state index contributed by atoms with van der Waals surface area (Å²) in [7, 11) is 0. The first-order chi connectivity index (χ1) is 16.4. The number of nitrogens with one attached hydrogen (secondary N) is 4. The van der Waals surface area contributed by atoms with Crippen LogP contribution in [-0.4, -0.2) is 57.9 Å². The number of aromatic amines is 1. The molecule has 10 heteroatoms. The van der Waals surface area contributed by atoms with Gasteiger partial charge in [-0.3, -0.25) is 14.4 Å². The van der Waals surface area contributed by atoms with E-state index in [0.29, 0.717) is 6.42 Å². The van der Waals surface area contributed by atoms with E-state index in [1.807, 2.05) is 38.1 Å². The Morgan fingerprint density at radius 1 is 0.943 bits per heavy atom. The molecule has 3 amide bonds. The summed E-state index contributed by atoms with van der Waals surface area (Å²) in [5.74, 6) is -2.91. The van der Waals surface area contributed by atoms with E-state index in [-0.39, 0.29) is 18.3 Å². The molecule has 0 saturated heterocycles. The number of hydrogen-bond donors (Lipinski definition) is 6. The van der Waals surface area contributed by atoms with E-state index < -0.39 is 47.9 Å². The zero-order chi connectivity index (χ0) is 26.3. The molecule has 35 heavy (non-hydrogen) atoms. The fourth-order valence-electron chi connectivity index (χ4n) is 3.80. The van der Waals surface area contributed by atoms with Crippen LogP contribution in [0.25, 0.3) is 10.9 Å². The molecule has 0 spiro atoms. The van der Waals surface area contributed by atoms with Gasteiger partial charge in [0.25, 0.3) is 0 Å². The molecule has 0 fully saturated rings. The Kier molecular flexibility index (Phi) is 9.82. The molecule has 4 unspecified atom stereocenters. The lowest BCUT2D eigenvalue weighted by Crippen LogP contribution is -2.58. The van der Waals surface area contributed by atoms with Crippen molar-refractivity contribution in [2.75, 3.05) is 0 Å². The Labute approximate surface area is 205 Å². The molecule has 1 aromatic heterocycles. The first-order valence-corrected chi connectivity index (χ1v) is 11.8. The number of aromatic nitrogens is 1. The Hall–Kier alpha value is -3.40. The summed E-state index contributed by atoms with van der Waals surface area (Å²) in [5, 5.41) is 18.4. The van der Waals surface area contributed by atoms with Crippen LogP contribution >= 0.6 is 0 Å². The highest BCUT2D eigenvalue weighted by Crippen LogP contribution is 2.19. The maximum Gasteiger partial charge on any atom is 0.326 e. The average molecular weight is 488 g/mol. The molecular formula is C25H37N5O5. The molecule has 7 N–H and O–H groups in total. The van der Waals surface area contributed by atoms with E-state index in [0.717, 1.165) is 16.5 Å². The van der Waals surface area contributed by atoms with Gasteiger partial charge in [0.1, 0.15) is 18.1 Å². The fourth-order valence-corrected chi connectivity index (χ4v) is 3.80. The predicted molar refractivity (Wildman–Crippen MR) is 133 cm³/mol. The SMILES string of the molecule is CC(C)CC(N)C(=O)NC(C)C(=O)NC(C(=O)NC(Cc1c[nH]c2ccccc12)C(=O)O)C(C)C. The normalized spacial score (nSPS) is 14.9. The minimum atomic E-state index is -1.19. The Morgan fingerprint density at radius 3 is 2.20 bits per heavy atom. The van der Waals surface area contributed by atoms with E-state index in [9.17, 15) is 24.3 Å². The molecular weight excluding hydrogens is 450 g/mol. The first kappa shape index (κ1) is 27.8. The number of fused-ring (bicyclic) bond motifs is 1. The van der Waals surface area contributed by atoms with E-state index >= 15 is 0 Å². The van der Waals surface area contributed by atoms with Gasteiger partial charge in [0.05, 0.1) is 6.04 Å².